The smallest absolute Gasteiger partial charge is 0.119 e. The average Bonchev–Trinajstić information content (AvgIpc) is 2.94. The molecular formula is C17H25N3O. The molecule has 4 heteroatoms. The molecule has 0 spiro atoms. The first-order chi connectivity index (χ1) is 10.2. The topological polar surface area (TPSA) is 49.9 Å². The van der Waals surface area contributed by atoms with Crippen molar-refractivity contribution >= 4 is 0 Å². The quantitative estimate of drug-likeness (QED) is 0.779. The molecule has 0 saturated heterocycles. The molecule has 0 bridgehead atoms. The lowest BCUT2D eigenvalue weighted by atomic mass is 10.1. The zero-order valence-corrected chi connectivity index (χ0v) is 13.1. The van der Waals surface area contributed by atoms with E-state index in [1.54, 1.807) is 0 Å². The van der Waals surface area contributed by atoms with E-state index in [-0.39, 0.29) is 0 Å². The molecule has 0 aliphatic heterocycles. The Morgan fingerprint density at radius 1 is 1.24 bits per heavy atom. The van der Waals surface area contributed by atoms with Crippen LogP contribution in [0.2, 0.25) is 0 Å². The minimum atomic E-state index is 0.670. The molecular weight excluding hydrogens is 262 g/mol. The van der Waals surface area contributed by atoms with Gasteiger partial charge in [-0.1, -0.05) is 20.8 Å². The number of rotatable bonds is 8. The van der Waals surface area contributed by atoms with Gasteiger partial charge in [-0.05, 0) is 49.2 Å². The third-order valence-electron chi connectivity index (χ3n) is 3.31. The molecule has 1 heterocycles. The first kappa shape index (κ1) is 15.6. The molecule has 0 atom stereocenters. The number of aromatic amines is 1. The van der Waals surface area contributed by atoms with Crippen LogP contribution in [0.4, 0.5) is 0 Å². The highest BCUT2D eigenvalue weighted by Gasteiger charge is 2.04. The summed E-state index contributed by atoms with van der Waals surface area (Å²) < 4.78 is 5.73. The molecule has 2 aromatic rings. The maximum atomic E-state index is 5.73. The molecule has 0 unspecified atom stereocenters. The molecule has 0 fully saturated rings. The fraction of sp³-hybridized carbons (Fsp3) is 0.471. The Morgan fingerprint density at radius 3 is 2.67 bits per heavy atom. The van der Waals surface area contributed by atoms with Crippen molar-refractivity contribution in [3.8, 4) is 17.0 Å². The summed E-state index contributed by atoms with van der Waals surface area (Å²) in [6, 6.07) is 10.2. The van der Waals surface area contributed by atoms with E-state index in [2.05, 4.69) is 54.5 Å². The summed E-state index contributed by atoms with van der Waals surface area (Å²) in [5.41, 5.74) is 3.17. The summed E-state index contributed by atoms with van der Waals surface area (Å²) >= 11 is 0. The highest BCUT2D eigenvalue weighted by molar-refractivity contribution is 5.60. The summed E-state index contributed by atoms with van der Waals surface area (Å²) in [7, 11) is 0. The van der Waals surface area contributed by atoms with E-state index in [0.717, 1.165) is 48.8 Å². The van der Waals surface area contributed by atoms with Crippen molar-refractivity contribution in [2.75, 3.05) is 13.2 Å². The summed E-state index contributed by atoms with van der Waals surface area (Å²) in [4.78, 5) is 0. The molecule has 21 heavy (non-hydrogen) atoms. The van der Waals surface area contributed by atoms with Crippen LogP contribution < -0.4 is 10.1 Å². The Kier molecular flexibility index (Phi) is 5.81. The summed E-state index contributed by atoms with van der Waals surface area (Å²) in [6.45, 7) is 9.04. The predicted octanol–water partition coefficient (Wildman–Crippen LogP) is 3.61. The Labute approximate surface area is 126 Å². The molecule has 114 valence electrons. The van der Waals surface area contributed by atoms with Crippen LogP contribution in [0.1, 0.15) is 32.9 Å². The van der Waals surface area contributed by atoms with Gasteiger partial charge >= 0.3 is 0 Å². The van der Waals surface area contributed by atoms with Crippen LogP contribution >= 0.6 is 0 Å². The molecule has 1 aromatic heterocycles. The lowest BCUT2D eigenvalue weighted by Gasteiger charge is -2.08. The van der Waals surface area contributed by atoms with Gasteiger partial charge in [-0.3, -0.25) is 5.10 Å². The average molecular weight is 287 g/mol. The van der Waals surface area contributed by atoms with Gasteiger partial charge in [0.25, 0.3) is 0 Å². The van der Waals surface area contributed by atoms with Crippen LogP contribution in [-0.4, -0.2) is 23.3 Å². The van der Waals surface area contributed by atoms with Crippen molar-refractivity contribution in [3.05, 3.63) is 36.0 Å². The molecule has 0 aliphatic carbocycles. The molecule has 4 nitrogen and oxygen atoms in total. The fourth-order valence-electron chi connectivity index (χ4n) is 1.99. The Bertz CT molecular complexity index is 531. The SMILES string of the molecule is CCNCc1cc(-c2ccc(OCCC(C)C)cc2)n[nH]1. The maximum absolute atomic E-state index is 5.73. The summed E-state index contributed by atoms with van der Waals surface area (Å²) in [5, 5.41) is 10.7. The van der Waals surface area contributed by atoms with Crippen molar-refractivity contribution < 1.29 is 4.74 Å². The number of ether oxygens (including phenoxy) is 1. The van der Waals surface area contributed by atoms with Gasteiger partial charge in [-0.15, -0.1) is 0 Å². The van der Waals surface area contributed by atoms with Crippen molar-refractivity contribution in [3.63, 3.8) is 0 Å². The van der Waals surface area contributed by atoms with Gasteiger partial charge in [0.05, 0.1) is 12.3 Å². The lowest BCUT2D eigenvalue weighted by molar-refractivity contribution is 0.289. The fourth-order valence-corrected chi connectivity index (χ4v) is 1.99. The Morgan fingerprint density at radius 2 is 2.00 bits per heavy atom. The minimum Gasteiger partial charge on any atom is -0.494 e. The highest BCUT2D eigenvalue weighted by Crippen LogP contribution is 2.21. The monoisotopic (exact) mass is 287 g/mol. The van der Waals surface area contributed by atoms with Gasteiger partial charge in [0.2, 0.25) is 0 Å². The van der Waals surface area contributed by atoms with Crippen LogP contribution in [-0.2, 0) is 6.54 Å². The number of benzene rings is 1. The Hall–Kier alpha value is -1.81. The van der Waals surface area contributed by atoms with Crippen molar-refractivity contribution in [1.82, 2.24) is 15.5 Å². The van der Waals surface area contributed by atoms with Gasteiger partial charge in [-0.25, -0.2) is 0 Å². The van der Waals surface area contributed by atoms with Crippen LogP contribution in [0, 0.1) is 5.92 Å². The lowest BCUT2D eigenvalue weighted by Crippen LogP contribution is -2.11. The zero-order chi connectivity index (χ0) is 15.1. The maximum Gasteiger partial charge on any atom is 0.119 e. The highest BCUT2D eigenvalue weighted by atomic mass is 16.5. The molecule has 2 rings (SSSR count). The van der Waals surface area contributed by atoms with Gasteiger partial charge < -0.3 is 10.1 Å². The van der Waals surface area contributed by atoms with Gasteiger partial charge in [-0.2, -0.15) is 5.10 Å². The Balaban J connectivity index is 1.93. The van der Waals surface area contributed by atoms with E-state index in [9.17, 15) is 0 Å². The number of hydrogen-bond acceptors (Lipinski definition) is 3. The van der Waals surface area contributed by atoms with Crippen LogP contribution in [0.5, 0.6) is 5.75 Å². The number of hydrogen-bond donors (Lipinski definition) is 2. The predicted molar refractivity (Wildman–Crippen MR) is 86.4 cm³/mol. The first-order valence-corrected chi connectivity index (χ1v) is 7.67. The van der Waals surface area contributed by atoms with Gasteiger partial charge in [0, 0.05) is 17.8 Å². The molecule has 0 radical (unpaired) electrons. The summed E-state index contributed by atoms with van der Waals surface area (Å²) in [6.07, 6.45) is 1.08. The van der Waals surface area contributed by atoms with E-state index in [0.29, 0.717) is 5.92 Å². The number of H-pyrrole nitrogens is 1. The van der Waals surface area contributed by atoms with E-state index in [1.165, 1.54) is 0 Å². The van der Waals surface area contributed by atoms with Crippen LogP contribution in [0.15, 0.2) is 30.3 Å². The molecule has 0 aliphatic rings. The van der Waals surface area contributed by atoms with Crippen molar-refractivity contribution in [2.45, 2.75) is 33.7 Å². The molecule has 1 aromatic carbocycles. The van der Waals surface area contributed by atoms with Crippen LogP contribution in [0.3, 0.4) is 0 Å². The van der Waals surface area contributed by atoms with Gasteiger partial charge in [0.15, 0.2) is 0 Å². The molecule has 0 amide bonds. The number of nitrogens with one attached hydrogen (secondary N) is 2. The van der Waals surface area contributed by atoms with E-state index < -0.39 is 0 Å². The third kappa shape index (κ3) is 4.90. The number of nitrogens with zero attached hydrogens (tertiary/aromatic N) is 1. The summed E-state index contributed by atoms with van der Waals surface area (Å²) in [5.74, 6) is 1.59. The van der Waals surface area contributed by atoms with Crippen LogP contribution in [0.25, 0.3) is 11.3 Å². The zero-order valence-electron chi connectivity index (χ0n) is 13.1. The first-order valence-electron chi connectivity index (χ1n) is 7.67. The van der Waals surface area contributed by atoms with Crippen molar-refractivity contribution in [1.29, 1.82) is 0 Å². The van der Waals surface area contributed by atoms with Crippen molar-refractivity contribution in [2.24, 2.45) is 5.92 Å². The second-order valence-electron chi connectivity index (χ2n) is 5.61. The van der Waals surface area contributed by atoms with Gasteiger partial charge in [0.1, 0.15) is 5.75 Å². The van der Waals surface area contributed by atoms with E-state index >= 15 is 0 Å². The van der Waals surface area contributed by atoms with E-state index in [4.69, 9.17) is 4.74 Å². The van der Waals surface area contributed by atoms with E-state index in [1.807, 2.05) is 12.1 Å². The normalized spacial score (nSPS) is 11.0. The molecule has 2 N–H and O–H groups in total. The largest absolute Gasteiger partial charge is 0.494 e. The molecule has 0 saturated carbocycles. The number of aromatic nitrogens is 2. The second kappa shape index (κ2) is 7.84. The standard InChI is InChI=1S/C17H25N3O/c1-4-18-12-15-11-17(20-19-15)14-5-7-16(8-6-14)21-10-9-13(2)3/h5-8,11,13,18H,4,9-10,12H2,1-3H3,(H,19,20). The second-order valence-corrected chi connectivity index (χ2v) is 5.61. The minimum absolute atomic E-state index is 0.670. The third-order valence-corrected chi connectivity index (χ3v) is 3.31.